The maximum atomic E-state index is 11.1. The molecule has 0 radical (unpaired) electrons. The van der Waals surface area contributed by atoms with Crippen LogP contribution in [0.3, 0.4) is 0 Å². The topological polar surface area (TPSA) is 80.9 Å². The number of aromatic hydroxyl groups is 2. The predicted molar refractivity (Wildman–Crippen MR) is 126 cm³/mol. The Morgan fingerprint density at radius 2 is 1.00 bits per heavy atom. The van der Waals surface area contributed by atoms with E-state index in [0.717, 1.165) is 27.1 Å². The fourth-order valence-corrected chi connectivity index (χ4v) is 4.55. The van der Waals surface area contributed by atoms with Gasteiger partial charge < -0.3 is 20.4 Å². The Morgan fingerprint density at radius 3 is 1.53 bits per heavy atom. The first-order valence-corrected chi connectivity index (χ1v) is 10.4. The quantitative estimate of drug-likeness (QED) is 0.226. The van der Waals surface area contributed by atoms with Crippen LogP contribution in [0.2, 0.25) is 0 Å². The first-order chi connectivity index (χ1) is 15.5. The minimum Gasteiger partial charge on any atom is -0.508 e. The zero-order valence-electron chi connectivity index (χ0n) is 17.2. The van der Waals surface area contributed by atoms with Crippen LogP contribution in [0.5, 0.6) is 11.5 Å². The first-order valence-electron chi connectivity index (χ1n) is 10.4. The van der Waals surface area contributed by atoms with Gasteiger partial charge in [0.25, 0.3) is 0 Å². The zero-order valence-corrected chi connectivity index (χ0v) is 17.2. The van der Waals surface area contributed by atoms with Gasteiger partial charge in [-0.3, -0.25) is 0 Å². The summed E-state index contributed by atoms with van der Waals surface area (Å²) in [5.41, 5.74) is 2.37. The highest BCUT2D eigenvalue weighted by atomic mass is 16.5. The third kappa shape index (κ3) is 3.36. The Bertz CT molecular complexity index is 1350. The lowest BCUT2D eigenvalue weighted by Crippen LogP contribution is -2.07. The molecular weight excluding hydrogens is 400 g/mol. The van der Waals surface area contributed by atoms with Crippen molar-refractivity contribution in [3.8, 4) is 11.5 Å². The summed E-state index contributed by atoms with van der Waals surface area (Å²) in [5.74, 6) is -0.335. The van der Waals surface area contributed by atoms with Crippen LogP contribution in [-0.4, -0.2) is 20.4 Å². The molecule has 4 heteroatoms. The molecule has 0 aliphatic rings. The number of benzene rings is 5. The molecule has 4 nitrogen and oxygen atoms in total. The van der Waals surface area contributed by atoms with Crippen molar-refractivity contribution in [1.82, 2.24) is 0 Å². The molecule has 0 heterocycles. The summed E-state index contributed by atoms with van der Waals surface area (Å²) in [4.78, 5) is 0. The highest BCUT2D eigenvalue weighted by molar-refractivity contribution is 5.93. The fraction of sp³-hybridized carbons (Fsp3) is 0.0714. The summed E-state index contributed by atoms with van der Waals surface area (Å²) < 4.78 is 0. The molecular formula is C28H22O4. The summed E-state index contributed by atoms with van der Waals surface area (Å²) >= 11 is 0. The van der Waals surface area contributed by atoms with Crippen molar-refractivity contribution in [2.24, 2.45) is 0 Å². The Kier molecular flexibility index (Phi) is 5.02. The standard InChI is InChI=1S/C28H22O4/c29-23-14-12-17-6-1-3-10-21(17)26(23)25(19-8-5-9-20(16-19)28(31)32)27-22-11-4-2-7-18(22)13-15-24(27)30/h1-16,25,28-32H. The van der Waals surface area contributed by atoms with Gasteiger partial charge in [0, 0.05) is 22.6 Å². The number of hydrogen-bond donors (Lipinski definition) is 4. The largest absolute Gasteiger partial charge is 0.508 e. The second-order valence-electron chi connectivity index (χ2n) is 7.92. The number of phenols is 2. The average Bonchev–Trinajstić information content (AvgIpc) is 2.82. The van der Waals surface area contributed by atoms with Crippen LogP contribution in [0.4, 0.5) is 0 Å². The average molecular weight is 422 g/mol. The molecule has 0 amide bonds. The molecule has 4 N–H and O–H groups in total. The predicted octanol–water partition coefficient (Wildman–Crippen LogP) is 5.57. The van der Waals surface area contributed by atoms with Crippen molar-refractivity contribution >= 4 is 21.5 Å². The monoisotopic (exact) mass is 422 g/mol. The molecule has 0 aliphatic carbocycles. The molecule has 0 spiro atoms. The number of rotatable bonds is 4. The van der Waals surface area contributed by atoms with Gasteiger partial charge in [0.15, 0.2) is 6.29 Å². The molecule has 0 aromatic heterocycles. The number of aliphatic hydroxyl groups excluding tert-OH is 1. The van der Waals surface area contributed by atoms with Crippen molar-refractivity contribution in [1.29, 1.82) is 0 Å². The Hall–Kier alpha value is -3.86. The van der Waals surface area contributed by atoms with E-state index >= 15 is 0 Å². The van der Waals surface area contributed by atoms with Crippen LogP contribution in [0.25, 0.3) is 21.5 Å². The smallest absolute Gasteiger partial charge is 0.178 e. The first kappa shape index (κ1) is 20.1. The number of hydrogen-bond acceptors (Lipinski definition) is 4. The highest BCUT2D eigenvalue weighted by Gasteiger charge is 2.27. The third-order valence-electron chi connectivity index (χ3n) is 6.01. The van der Waals surface area contributed by atoms with Crippen molar-refractivity contribution in [2.45, 2.75) is 12.2 Å². The molecule has 5 rings (SSSR count). The number of aliphatic hydroxyl groups is 2. The van der Waals surface area contributed by atoms with Gasteiger partial charge >= 0.3 is 0 Å². The Morgan fingerprint density at radius 1 is 0.500 bits per heavy atom. The highest BCUT2D eigenvalue weighted by Crippen LogP contribution is 2.46. The maximum Gasteiger partial charge on any atom is 0.178 e. The maximum absolute atomic E-state index is 11.1. The summed E-state index contributed by atoms with van der Waals surface area (Å²) in [7, 11) is 0. The fourth-order valence-electron chi connectivity index (χ4n) is 4.55. The van der Waals surface area contributed by atoms with Gasteiger partial charge in [-0.05, 0) is 45.3 Å². The van der Waals surface area contributed by atoms with Gasteiger partial charge in [0.2, 0.25) is 0 Å². The van der Waals surface area contributed by atoms with E-state index in [1.54, 1.807) is 30.3 Å². The summed E-state index contributed by atoms with van der Waals surface area (Å²) in [5, 5.41) is 45.3. The minimum atomic E-state index is -1.63. The molecule has 0 atom stereocenters. The molecule has 0 unspecified atom stereocenters. The van der Waals surface area contributed by atoms with E-state index in [1.165, 1.54) is 0 Å². The van der Waals surface area contributed by atoms with Crippen molar-refractivity contribution < 1.29 is 20.4 Å². The molecule has 0 bridgehead atoms. The van der Waals surface area contributed by atoms with Gasteiger partial charge in [-0.15, -0.1) is 0 Å². The lowest BCUT2D eigenvalue weighted by Gasteiger charge is -2.25. The van der Waals surface area contributed by atoms with Gasteiger partial charge in [-0.25, -0.2) is 0 Å². The van der Waals surface area contributed by atoms with Crippen LogP contribution in [0, 0.1) is 0 Å². The van der Waals surface area contributed by atoms with E-state index in [1.807, 2.05) is 66.7 Å². The normalized spacial score (nSPS) is 11.6. The second kappa shape index (κ2) is 8.00. The van der Waals surface area contributed by atoms with Crippen LogP contribution in [0.15, 0.2) is 97.1 Å². The van der Waals surface area contributed by atoms with Crippen LogP contribution in [-0.2, 0) is 0 Å². The molecule has 158 valence electrons. The summed E-state index contributed by atoms with van der Waals surface area (Å²) in [6, 6.07) is 29.6. The third-order valence-corrected chi connectivity index (χ3v) is 6.01. The molecule has 5 aromatic carbocycles. The van der Waals surface area contributed by atoms with E-state index in [9.17, 15) is 20.4 Å². The van der Waals surface area contributed by atoms with Gasteiger partial charge in [0.1, 0.15) is 11.5 Å². The van der Waals surface area contributed by atoms with Crippen LogP contribution in [0.1, 0.15) is 34.5 Å². The Labute approximate surface area is 185 Å². The molecule has 5 aromatic rings. The van der Waals surface area contributed by atoms with Gasteiger partial charge in [-0.1, -0.05) is 78.9 Å². The van der Waals surface area contributed by atoms with Gasteiger partial charge in [0.05, 0.1) is 0 Å². The SMILES string of the molecule is Oc1ccc2ccccc2c1C(c1cccc(C(O)O)c1)c1c(O)ccc2ccccc12. The molecule has 0 fully saturated rings. The zero-order chi connectivity index (χ0) is 22.2. The van der Waals surface area contributed by atoms with Crippen LogP contribution >= 0.6 is 0 Å². The van der Waals surface area contributed by atoms with E-state index in [2.05, 4.69) is 0 Å². The Balaban J connectivity index is 1.91. The number of fused-ring (bicyclic) bond motifs is 2. The lowest BCUT2D eigenvalue weighted by molar-refractivity contribution is -0.0425. The summed E-state index contributed by atoms with van der Waals surface area (Å²) in [6.45, 7) is 0. The molecule has 0 aliphatic heterocycles. The van der Waals surface area contributed by atoms with E-state index in [4.69, 9.17) is 0 Å². The van der Waals surface area contributed by atoms with Gasteiger partial charge in [-0.2, -0.15) is 0 Å². The lowest BCUT2D eigenvalue weighted by atomic mass is 9.79. The molecule has 0 saturated heterocycles. The summed E-state index contributed by atoms with van der Waals surface area (Å²) in [6.07, 6.45) is -1.63. The number of phenolic OH excluding ortho intramolecular Hbond substituents is 2. The minimum absolute atomic E-state index is 0.107. The van der Waals surface area contributed by atoms with Crippen LogP contribution < -0.4 is 0 Å². The van der Waals surface area contributed by atoms with E-state index in [0.29, 0.717) is 16.7 Å². The molecule has 32 heavy (non-hydrogen) atoms. The van der Waals surface area contributed by atoms with E-state index < -0.39 is 12.2 Å². The second-order valence-corrected chi connectivity index (χ2v) is 7.92. The van der Waals surface area contributed by atoms with Crippen molar-refractivity contribution in [2.75, 3.05) is 0 Å². The molecule has 0 saturated carbocycles. The van der Waals surface area contributed by atoms with E-state index in [-0.39, 0.29) is 11.5 Å². The van der Waals surface area contributed by atoms with Crippen molar-refractivity contribution in [3.05, 3.63) is 119 Å². The van der Waals surface area contributed by atoms with Crippen molar-refractivity contribution in [3.63, 3.8) is 0 Å².